The number of carbonyl (C=O) groups is 1. The van der Waals surface area contributed by atoms with Gasteiger partial charge in [0, 0.05) is 6.07 Å². The number of carbonyl (C=O) groups excluding carboxylic acids is 1. The first kappa shape index (κ1) is 15.0. The van der Waals surface area contributed by atoms with Crippen molar-refractivity contribution in [3.63, 3.8) is 0 Å². The van der Waals surface area contributed by atoms with Crippen LogP contribution in [0.25, 0.3) is 5.69 Å². The van der Waals surface area contributed by atoms with Crippen LogP contribution in [0.15, 0.2) is 46.6 Å². The van der Waals surface area contributed by atoms with Crippen LogP contribution in [0.3, 0.4) is 0 Å². The summed E-state index contributed by atoms with van der Waals surface area (Å²) in [7, 11) is 0. The van der Waals surface area contributed by atoms with Crippen LogP contribution in [0.5, 0.6) is 0 Å². The molecule has 23 heavy (non-hydrogen) atoms. The van der Waals surface area contributed by atoms with Gasteiger partial charge in [-0.3, -0.25) is 4.79 Å². The van der Waals surface area contributed by atoms with Crippen LogP contribution in [0, 0.1) is 6.92 Å². The highest BCUT2D eigenvalue weighted by atomic mass is 32.2. The number of aldehydes is 1. The van der Waals surface area contributed by atoms with Gasteiger partial charge in [-0.05, 0) is 30.8 Å². The van der Waals surface area contributed by atoms with E-state index in [4.69, 9.17) is 11.5 Å². The summed E-state index contributed by atoms with van der Waals surface area (Å²) >= 11 is 1.20. The number of hydrogen-bond donors (Lipinski definition) is 2. The van der Waals surface area contributed by atoms with Gasteiger partial charge in [0.15, 0.2) is 11.4 Å². The molecule has 8 heteroatoms. The molecule has 116 valence electrons. The first-order valence-electron chi connectivity index (χ1n) is 6.76. The summed E-state index contributed by atoms with van der Waals surface area (Å²) in [6.45, 7) is 1.78. The topological polar surface area (TPSA) is 113 Å². The molecule has 0 saturated heterocycles. The molecular formula is C15H14N6OS. The van der Waals surface area contributed by atoms with Crippen molar-refractivity contribution in [2.75, 3.05) is 11.5 Å². The molecule has 2 aromatic heterocycles. The summed E-state index contributed by atoms with van der Waals surface area (Å²) in [5, 5.41) is 5.42. The molecule has 1 aromatic carbocycles. The second kappa shape index (κ2) is 6.09. The molecule has 3 rings (SSSR count). The standard InChI is InChI=1S/C15H14N6OS/c1-9-11(8-22)14(21(20-9)10-5-3-2-4-6-10)23-15-18-12(16)7-13(17)19-15/h2-8H,1H3,(H4,16,17,18,19). The SMILES string of the molecule is Cc1nn(-c2ccccc2)c(Sc2nc(N)cc(N)n2)c1C=O. The second-order valence-electron chi connectivity index (χ2n) is 4.77. The number of benzene rings is 1. The van der Waals surface area contributed by atoms with Crippen molar-refractivity contribution in [3.05, 3.63) is 47.7 Å². The number of aromatic nitrogens is 4. The Labute approximate surface area is 136 Å². The smallest absolute Gasteiger partial charge is 0.197 e. The fourth-order valence-corrected chi connectivity index (χ4v) is 3.10. The normalized spacial score (nSPS) is 10.7. The van der Waals surface area contributed by atoms with Crippen LogP contribution in [0.4, 0.5) is 11.6 Å². The molecule has 0 aliphatic rings. The highest BCUT2D eigenvalue weighted by molar-refractivity contribution is 7.99. The Morgan fingerprint density at radius 1 is 1.13 bits per heavy atom. The number of para-hydroxylation sites is 1. The van der Waals surface area contributed by atoms with Crippen molar-refractivity contribution >= 4 is 29.7 Å². The van der Waals surface area contributed by atoms with E-state index in [9.17, 15) is 4.79 Å². The number of anilines is 2. The Morgan fingerprint density at radius 3 is 2.39 bits per heavy atom. The first-order valence-corrected chi connectivity index (χ1v) is 7.58. The minimum absolute atomic E-state index is 0.273. The van der Waals surface area contributed by atoms with Gasteiger partial charge < -0.3 is 11.5 Å². The molecule has 2 heterocycles. The number of hydrogen-bond acceptors (Lipinski definition) is 7. The maximum absolute atomic E-state index is 11.5. The monoisotopic (exact) mass is 326 g/mol. The summed E-state index contributed by atoms with van der Waals surface area (Å²) in [5.41, 5.74) is 13.4. The minimum Gasteiger partial charge on any atom is -0.383 e. The summed E-state index contributed by atoms with van der Waals surface area (Å²) < 4.78 is 1.69. The van der Waals surface area contributed by atoms with Gasteiger partial charge in [0.05, 0.1) is 16.9 Å². The van der Waals surface area contributed by atoms with Gasteiger partial charge >= 0.3 is 0 Å². The van der Waals surface area contributed by atoms with Crippen molar-refractivity contribution in [2.45, 2.75) is 17.1 Å². The molecule has 0 amide bonds. The molecule has 0 fully saturated rings. The lowest BCUT2D eigenvalue weighted by atomic mass is 10.3. The molecule has 0 spiro atoms. The molecule has 7 nitrogen and oxygen atoms in total. The van der Waals surface area contributed by atoms with Gasteiger partial charge in [-0.15, -0.1) is 0 Å². The highest BCUT2D eigenvalue weighted by Gasteiger charge is 2.18. The van der Waals surface area contributed by atoms with E-state index in [1.54, 1.807) is 11.6 Å². The predicted molar refractivity (Wildman–Crippen MR) is 88.7 cm³/mol. The van der Waals surface area contributed by atoms with Crippen LogP contribution in [-0.4, -0.2) is 26.0 Å². The maximum Gasteiger partial charge on any atom is 0.197 e. The molecule has 0 atom stereocenters. The van der Waals surface area contributed by atoms with E-state index in [0.717, 1.165) is 12.0 Å². The Kier molecular flexibility index (Phi) is 3.98. The molecule has 3 aromatic rings. The maximum atomic E-state index is 11.5. The lowest BCUT2D eigenvalue weighted by Gasteiger charge is -2.07. The average molecular weight is 326 g/mol. The summed E-state index contributed by atoms with van der Waals surface area (Å²) in [4.78, 5) is 19.7. The van der Waals surface area contributed by atoms with Gasteiger partial charge in [-0.1, -0.05) is 18.2 Å². The Bertz CT molecular complexity index is 842. The van der Waals surface area contributed by atoms with Crippen LogP contribution < -0.4 is 11.5 Å². The molecular weight excluding hydrogens is 312 g/mol. The lowest BCUT2D eigenvalue weighted by Crippen LogP contribution is -2.02. The average Bonchev–Trinajstić information content (AvgIpc) is 2.83. The van der Waals surface area contributed by atoms with E-state index in [2.05, 4.69) is 15.1 Å². The fourth-order valence-electron chi connectivity index (χ4n) is 2.09. The van der Waals surface area contributed by atoms with E-state index < -0.39 is 0 Å². The minimum atomic E-state index is 0.273. The number of rotatable bonds is 4. The summed E-state index contributed by atoms with van der Waals surface area (Å²) in [5.74, 6) is 0.547. The van der Waals surface area contributed by atoms with Crippen LogP contribution in [-0.2, 0) is 0 Å². The predicted octanol–water partition coefficient (Wildman–Crippen LogP) is 2.10. The van der Waals surface area contributed by atoms with E-state index in [1.165, 1.54) is 17.8 Å². The van der Waals surface area contributed by atoms with E-state index in [-0.39, 0.29) is 11.6 Å². The van der Waals surface area contributed by atoms with Crippen molar-refractivity contribution in [1.82, 2.24) is 19.7 Å². The lowest BCUT2D eigenvalue weighted by molar-refractivity contribution is 0.112. The second-order valence-corrected chi connectivity index (χ2v) is 5.73. The zero-order chi connectivity index (χ0) is 16.4. The molecule has 0 saturated carbocycles. The van der Waals surface area contributed by atoms with Crippen LogP contribution in [0.1, 0.15) is 16.1 Å². The van der Waals surface area contributed by atoms with Gasteiger partial charge in [0.25, 0.3) is 0 Å². The van der Waals surface area contributed by atoms with Crippen molar-refractivity contribution in [3.8, 4) is 5.69 Å². The molecule has 4 N–H and O–H groups in total. The molecule has 0 aliphatic carbocycles. The number of nitrogen functional groups attached to an aromatic ring is 2. The van der Waals surface area contributed by atoms with E-state index >= 15 is 0 Å². The van der Waals surface area contributed by atoms with E-state index in [1.807, 2.05) is 30.3 Å². The third kappa shape index (κ3) is 3.02. The molecule has 0 bridgehead atoms. The first-order chi connectivity index (χ1) is 11.1. The van der Waals surface area contributed by atoms with Gasteiger partial charge in [0.1, 0.15) is 16.7 Å². The van der Waals surface area contributed by atoms with Crippen molar-refractivity contribution in [2.24, 2.45) is 0 Å². The van der Waals surface area contributed by atoms with Crippen molar-refractivity contribution in [1.29, 1.82) is 0 Å². The Hall–Kier alpha value is -2.87. The Balaban J connectivity index is 2.12. The Morgan fingerprint density at radius 2 is 1.78 bits per heavy atom. The van der Waals surface area contributed by atoms with E-state index in [0.29, 0.717) is 21.4 Å². The van der Waals surface area contributed by atoms with Crippen molar-refractivity contribution < 1.29 is 4.79 Å². The highest BCUT2D eigenvalue weighted by Crippen LogP contribution is 2.32. The van der Waals surface area contributed by atoms with Crippen LogP contribution in [0.2, 0.25) is 0 Å². The van der Waals surface area contributed by atoms with Gasteiger partial charge in [-0.25, -0.2) is 14.6 Å². The third-order valence-corrected chi connectivity index (χ3v) is 4.07. The van der Waals surface area contributed by atoms with Gasteiger partial charge in [0.2, 0.25) is 0 Å². The number of nitrogens with zero attached hydrogens (tertiary/aromatic N) is 4. The fraction of sp³-hybridized carbons (Fsp3) is 0.0667. The molecule has 0 unspecified atom stereocenters. The molecule has 0 radical (unpaired) electrons. The zero-order valence-electron chi connectivity index (χ0n) is 12.3. The quantitative estimate of drug-likeness (QED) is 0.557. The van der Waals surface area contributed by atoms with Crippen LogP contribution >= 0.6 is 11.8 Å². The summed E-state index contributed by atoms with van der Waals surface area (Å²) in [6.07, 6.45) is 0.778. The summed E-state index contributed by atoms with van der Waals surface area (Å²) in [6, 6.07) is 11.0. The number of aryl methyl sites for hydroxylation is 1. The van der Waals surface area contributed by atoms with Gasteiger partial charge in [-0.2, -0.15) is 5.10 Å². The largest absolute Gasteiger partial charge is 0.383 e. The zero-order valence-corrected chi connectivity index (χ0v) is 13.1. The third-order valence-electron chi connectivity index (χ3n) is 3.11. The molecule has 0 aliphatic heterocycles. The number of nitrogens with two attached hydrogens (primary N) is 2.